The molecular formula is C17H23NO3. The van der Waals surface area contributed by atoms with Gasteiger partial charge in [-0.15, -0.1) is 0 Å². The molecule has 0 aliphatic carbocycles. The highest BCUT2D eigenvalue weighted by atomic mass is 16.4. The van der Waals surface area contributed by atoms with Gasteiger partial charge >= 0.3 is 5.97 Å². The number of benzene rings is 1. The van der Waals surface area contributed by atoms with Crippen LogP contribution >= 0.6 is 0 Å². The van der Waals surface area contributed by atoms with Gasteiger partial charge in [0, 0.05) is 12.1 Å². The number of amides is 1. The van der Waals surface area contributed by atoms with Crippen LogP contribution in [0.2, 0.25) is 0 Å². The Morgan fingerprint density at radius 3 is 2.52 bits per heavy atom. The molecule has 4 heteroatoms. The molecule has 0 aliphatic rings. The molecular weight excluding hydrogens is 266 g/mol. The molecule has 21 heavy (non-hydrogen) atoms. The van der Waals surface area contributed by atoms with Gasteiger partial charge in [0.25, 0.3) is 0 Å². The third kappa shape index (κ3) is 6.25. The summed E-state index contributed by atoms with van der Waals surface area (Å²) in [6.07, 6.45) is 3.08. The van der Waals surface area contributed by atoms with Crippen molar-refractivity contribution >= 4 is 18.0 Å². The normalized spacial score (nSPS) is 13.1. The molecule has 0 saturated heterocycles. The molecule has 1 amide bonds. The van der Waals surface area contributed by atoms with Gasteiger partial charge in [-0.2, -0.15) is 0 Å². The zero-order chi connectivity index (χ0) is 16.0. The van der Waals surface area contributed by atoms with E-state index in [1.54, 1.807) is 6.08 Å². The van der Waals surface area contributed by atoms with Crippen molar-refractivity contribution in [2.45, 2.75) is 40.2 Å². The van der Waals surface area contributed by atoms with Crippen molar-refractivity contribution in [3.8, 4) is 0 Å². The highest BCUT2D eigenvalue weighted by Gasteiger charge is 2.27. The summed E-state index contributed by atoms with van der Waals surface area (Å²) >= 11 is 0. The molecule has 0 radical (unpaired) electrons. The summed E-state index contributed by atoms with van der Waals surface area (Å²) in [6.45, 7) is 7.71. The largest absolute Gasteiger partial charge is 0.481 e. The number of carbonyl (C=O) groups excluding carboxylic acids is 1. The molecule has 1 unspecified atom stereocenters. The van der Waals surface area contributed by atoms with E-state index in [2.05, 4.69) is 5.32 Å². The molecule has 0 aromatic heterocycles. The third-order valence-corrected chi connectivity index (χ3v) is 3.21. The maximum atomic E-state index is 11.9. The second-order valence-corrected chi connectivity index (χ2v) is 6.27. The first-order valence-electron chi connectivity index (χ1n) is 6.95. The Hall–Kier alpha value is -2.10. The van der Waals surface area contributed by atoms with E-state index in [1.165, 1.54) is 6.08 Å². The number of hydrogen-bond acceptors (Lipinski definition) is 2. The van der Waals surface area contributed by atoms with E-state index >= 15 is 0 Å². The van der Waals surface area contributed by atoms with Gasteiger partial charge in [-0.05, 0) is 24.0 Å². The fraction of sp³-hybridized carbons (Fsp3) is 0.412. The van der Waals surface area contributed by atoms with E-state index < -0.39 is 12.0 Å². The van der Waals surface area contributed by atoms with Gasteiger partial charge in [0.05, 0.1) is 6.42 Å². The molecule has 1 atom stereocenters. The van der Waals surface area contributed by atoms with Crippen LogP contribution in [0.1, 0.15) is 38.3 Å². The Balaban J connectivity index is 2.72. The Kier molecular flexibility index (Phi) is 5.70. The predicted octanol–water partition coefficient (Wildman–Crippen LogP) is 3.01. The van der Waals surface area contributed by atoms with Crippen molar-refractivity contribution in [2.75, 3.05) is 0 Å². The minimum Gasteiger partial charge on any atom is -0.481 e. The number of carbonyl (C=O) groups is 2. The Bertz CT molecular complexity index is 541. The lowest BCUT2D eigenvalue weighted by Crippen LogP contribution is -2.44. The molecule has 4 nitrogen and oxygen atoms in total. The average Bonchev–Trinajstić information content (AvgIpc) is 2.34. The molecule has 1 rings (SSSR count). The molecule has 0 aliphatic heterocycles. The molecule has 0 bridgehead atoms. The Morgan fingerprint density at radius 2 is 2.00 bits per heavy atom. The van der Waals surface area contributed by atoms with E-state index in [1.807, 2.05) is 52.0 Å². The van der Waals surface area contributed by atoms with Crippen LogP contribution in [-0.2, 0) is 9.59 Å². The fourth-order valence-electron chi connectivity index (χ4n) is 1.91. The number of carboxylic acid groups (broad SMARTS) is 1. The lowest BCUT2D eigenvalue weighted by atomic mass is 9.84. The summed E-state index contributed by atoms with van der Waals surface area (Å²) in [4.78, 5) is 22.8. The van der Waals surface area contributed by atoms with Gasteiger partial charge in [-0.3, -0.25) is 9.59 Å². The summed E-state index contributed by atoms with van der Waals surface area (Å²) in [5.41, 5.74) is 1.75. The van der Waals surface area contributed by atoms with Gasteiger partial charge in [0.1, 0.15) is 0 Å². The van der Waals surface area contributed by atoms with Crippen LogP contribution in [-0.4, -0.2) is 23.0 Å². The zero-order valence-corrected chi connectivity index (χ0v) is 13.0. The number of aryl methyl sites for hydroxylation is 1. The fourth-order valence-corrected chi connectivity index (χ4v) is 1.91. The van der Waals surface area contributed by atoms with Crippen LogP contribution in [0.15, 0.2) is 30.3 Å². The second-order valence-electron chi connectivity index (χ2n) is 6.27. The van der Waals surface area contributed by atoms with Crippen LogP contribution in [0.5, 0.6) is 0 Å². The Labute approximate surface area is 125 Å². The number of carboxylic acids is 1. The SMILES string of the molecule is Cc1cccc(/C=C/C(=O)NC(CC(=O)O)C(C)(C)C)c1. The smallest absolute Gasteiger partial charge is 0.305 e. The van der Waals surface area contributed by atoms with Gasteiger partial charge in [0.15, 0.2) is 0 Å². The molecule has 2 N–H and O–H groups in total. The minimum absolute atomic E-state index is 0.0898. The van der Waals surface area contributed by atoms with Gasteiger partial charge in [-0.1, -0.05) is 50.6 Å². The third-order valence-electron chi connectivity index (χ3n) is 3.21. The van der Waals surface area contributed by atoms with Gasteiger partial charge in [-0.25, -0.2) is 0 Å². The zero-order valence-electron chi connectivity index (χ0n) is 13.0. The van der Waals surface area contributed by atoms with E-state index in [9.17, 15) is 9.59 Å². The van der Waals surface area contributed by atoms with Gasteiger partial charge < -0.3 is 10.4 Å². The van der Waals surface area contributed by atoms with Crippen LogP contribution in [0.3, 0.4) is 0 Å². The van der Waals surface area contributed by atoms with E-state index in [0.29, 0.717) is 0 Å². The highest BCUT2D eigenvalue weighted by molar-refractivity contribution is 5.92. The van der Waals surface area contributed by atoms with Crippen LogP contribution < -0.4 is 5.32 Å². The number of aliphatic carboxylic acids is 1. The second kappa shape index (κ2) is 7.07. The van der Waals surface area contributed by atoms with Crippen molar-refractivity contribution in [1.82, 2.24) is 5.32 Å². The molecule has 0 saturated carbocycles. The summed E-state index contributed by atoms with van der Waals surface area (Å²) < 4.78 is 0. The summed E-state index contributed by atoms with van der Waals surface area (Å²) in [5.74, 6) is -1.20. The van der Waals surface area contributed by atoms with E-state index in [-0.39, 0.29) is 17.7 Å². The first-order valence-corrected chi connectivity index (χ1v) is 6.95. The van der Waals surface area contributed by atoms with Crippen molar-refractivity contribution < 1.29 is 14.7 Å². The number of nitrogens with one attached hydrogen (secondary N) is 1. The lowest BCUT2D eigenvalue weighted by Gasteiger charge is -2.29. The summed E-state index contributed by atoms with van der Waals surface area (Å²) in [7, 11) is 0. The summed E-state index contributed by atoms with van der Waals surface area (Å²) in [6, 6.07) is 7.39. The maximum absolute atomic E-state index is 11.9. The highest BCUT2D eigenvalue weighted by Crippen LogP contribution is 2.21. The molecule has 0 spiro atoms. The molecule has 0 heterocycles. The van der Waals surface area contributed by atoms with Crippen LogP contribution in [0.4, 0.5) is 0 Å². The summed E-state index contributed by atoms with van der Waals surface area (Å²) in [5, 5.41) is 11.7. The Morgan fingerprint density at radius 1 is 1.33 bits per heavy atom. The van der Waals surface area contributed by atoms with Crippen LogP contribution in [0, 0.1) is 12.3 Å². The maximum Gasteiger partial charge on any atom is 0.305 e. The van der Waals surface area contributed by atoms with Crippen molar-refractivity contribution in [1.29, 1.82) is 0 Å². The number of hydrogen-bond donors (Lipinski definition) is 2. The van der Waals surface area contributed by atoms with E-state index in [4.69, 9.17) is 5.11 Å². The quantitative estimate of drug-likeness (QED) is 0.819. The topological polar surface area (TPSA) is 66.4 Å². The lowest BCUT2D eigenvalue weighted by molar-refractivity contribution is -0.138. The first-order chi connectivity index (χ1) is 9.68. The van der Waals surface area contributed by atoms with Crippen molar-refractivity contribution in [2.24, 2.45) is 5.41 Å². The minimum atomic E-state index is -0.919. The van der Waals surface area contributed by atoms with Gasteiger partial charge in [0.2, 0.25) is 5.91 Å². The van der Waals surface area contributed by atoms with Crippen molar-refractivity contribution in [3.05, 3.63) is 41.5 Å². The van der Waals surface area contributed by atoms with E-state index in [0.717, 1.165) is 11.1 Å². The molecule has 0 fully saturated rings. The van der Waals surface area contributed by atoms with Crippen LogP contribution in [0.25, 0.3) is 6.08 Å². The molecule has 1 aromatic rings. The monoisotopic (exact) mass is 289 g/mol. The first kappa shape index (κ1) is 17.0. The average molecular weight is 289 g/mol. The standard InChI is InChI=1S/C17H23NO3/c1-12-6-5-7-13(10-12)8-9-15(19)18-14(11-16(20)21)17(2,3)4/h5-10,14H,11H2,1-4H3,(H,18,19)(H,20,21)/b9-8+. The molecule has 1 aromatic carbocycles. The van der Waals surface area contributed by atoms with Crippen molar-refractivity contribution in [3.63, 3.8) is 0 Å². The number of rotatable bonds is 5. The predicted molar refractivity (Wildman–Crippen MR) is 83.9 cm³/mol. The molecule has 114 valence electrons.